The number of carbonyl (C=O) groups is 2. The van der Waals surface area contributed by atoms with E-state index < -0.39 is 5.41 Å². The second kappa shape index (κ2) is 9.14. The number of anilines is 3. The summed E-state index contributed by atoms with van der Waals surface area (Å²) in [7, 11) is 0. The summed E-state index contributed by atoms with van der Waals surface area (Å²) in [5, 5.41) is 14.6. The Morgan fingerprint density at radius 2 is 1.78 bits per heavy atom. The Morgan fingerprint density at radius 1 is 1.05 bits per heavy atom. The highest BCUT2D eigenvalue weighted by atomic mass is 19.1. The SMILES string of the molecule is N=Cc1cc(N2C(=O)C3(CCC3)[C@H](NC(=O)C3CC3)[C@H]2c2ccccc2)ccc1Nc1ccc(F)cc1.[HH]. The molecule has 6 rings (SSSR count). The monoisotopic (exact) mass is 498 g/mol. The maximum Gasteiger partial charge on any atom is 0.236 e. The predicted octanol–water partition coefficient (Wildman–Crippen LogP) is 5.97. The van der Waals surface area contributed by atoms with E-state index in [1.165, 1.54) is 18.3 Å². The first kappa shape index (κ1) is 23.4. The van der Waals surface area contributed by atoms with E-state index in [0.717, 1.165) is 37.7 Å². The van der Waals surface area contributed by atoms with E-state index in [-0.39, 0.29) is 37.1 Å². The lowest BCUT2D eigenvalue weighted by atomic mass is 9.63. The maximum absolute atomic E-state index is 14.1. The highest BCUT2D eigenvalue weighted by Crippen LogP contribution is 2.57. The van der Waals surface area contributed by atoms with E-state index in [0.29, 0.717) is 22.6 Å². The van der Waals surface area contributed by atoms with Crippen LogP contribution in [0.2, 0.25) is 0 Å². The van der Waals surface area contributed by atoms with Crippen molar-refractivity contribution in [2.45, 2.75) is 44.2 Å². The summed E-state index contributed by atoms with van der Waals surface area (Å²) in [5.74, 6) is -0.185. The lowest BCUT2D eigenvalue weighted by Crippen LogP contribution is -2.53. The van der Waals surface area contributed by atoms with Crippen LogP contribution in [-0.2, 0) is 9.59 Å². The number of rotatable bonds is 7. The molecule has 0 bridgehead atoms. The van der Waals surface area contributed by atoms with Crippen molar-refractivity contribution in [3.8, 4) is 0 Å². The van der Waals surface area contributed by atoms with E-state index in [9.17, 15) is 14.0 Å². The molecule has 3 aromatic carbocycles. The van der Waals surface area contributed by atoms with Gasteiger partial charge in [-0.05, 0) is 73.7 Å². The van der Waals surface area contributed by atoms with Crippen LogP contribution in [0, 0.1) is 22.6 Å². The molecule has 3 aliphatic rings. The quantitative estimate of drug-likeness (QED) is 0.351. The van der Waals surface area contributed by atoms with Crippen molar-refractivity contribution in [1.29, 1.82) is 5.41 Å². The summed E-state index contributed by atoms with van der Waals surface area (Å²) in [6.45, 7) is 0. The van der Waals surface area contributed by atoms with E-state index in [2.05, 4.69) is 10.6 Å². The average Bonchev–Trinajstić information content (AvgIpc) is 3.70. The highest BCUT2D eigenvalue weighted by molar-refractivity contribution is 6.04. The molecule has 3 fully saturated rings. The largest absolute Gasteiger partial charge is 0.355 e. The molecule has 1 saturated heterocycles. The first-order valence-corrected chi connectivity index (χ1v) is 12.9. The molecule has 37 heavy (non-hydrogen) atoms. The molecule has 2 atom stereocenters. The Morgan fingerprint density at radius 3 is 2.41 bits per heavy atom. The lowest BCUT2D eigenvalue weighted by molar-refractivity contribution is -0.132. The molecule has 2 saturated carbocycles. The Labute approximate surface area is 216 Å². The van der Waals surface area contributed by atoms with Crippen molar-refractivity contribution in [2.75, 3.05) is 10.2 Å². The van der Waals surface area contributed by atoms with Crippen LogP contribution >= 0.6 is 0 Å². The van der Waals surface area contributed by atoms with Gasteiger partial charge in [-0.25, -0.2) is 4.39 Å². The zero-order valence-corrected chi connectivity index (χ0v) is 20.4. The Hall–Kier alpha value is -4.00. The average molecular weight is 499 g/mol. The van der Waals surface area contributed by atoms with Gasteiger partial charge in [-0.1, -0.05) is 36.8 Å². The number of nitrogens with one attached hydrogen (secondary N) is 3. The predicted molar refractivity (Wildman–Crippen MR) is 144 cm³/mol. The fourth-order valence-corrected chi connectivity index (χ4v) is 5.76. The standard InChI is InChI=1S/C30H29FN4O2.H2/c31-22-9-11-23(12-10-22)33-25-14-13-24(17-21(25)18-32)35-26(19-5-2-1-3-6-19)27(34-28(36)20-7-8-20)30(29(35)37)15-4-16-30;/h1-3,5-6,9-14,17-18,20,26-27,32-33H,4,7-8,15-16H2,(H,34,36);1H/t26-,27-;/m1./s1. The van der Waals surface area contributed by atoms with Gasteiger partial charge in [0, 0.05) is 36.2 Å². The van der Waals surface area contributed by atoms with Crippen LogP contribution in [0.5, 0.6) is 0 Å². The summed E-state index contributed by atoms with van der Waals surface area (Å²) < 4.78 is 13.3. The molecule has 2 aliphatic carbocycles. The Balaban J connectivity index is 0.00000294. The molecule has 1 spiro atoms. The first-order chi connectivity index (χ1) is 18.0. The highest BCUT2D eigenvalue weighted by Gasteiger charge is 2.63. The fourth-order valence-electron chi connectivity index (χ4n) is 5.76. The van der Waals surface area contributed by atoms with Crippen molar-refractivity contribution in [2.24, 2.45) is 11.3 Å². The number of amides is 2. The summed E-state index contributed by atoms with van der Waals surface area (Å²) >= 11 is 0. The molecule has 0 unspecified atom stereocenters. The van der Waals surface area contributed by atoms with Gasteiger partial charge in [0.2, 0.25) is 11.8 Å². The molecule has 0 aromatic heterocycles. The molecular weight excluding hydrogens is 467 g/mol. The second-order valence-corrected chi connectivity index (χ2v) is 10.3. The second-order valence-electron chi connectivity index (χ2n) is 10.3. The number of hydrogen-bond acceptors (Lipinski definition) is 4. The molecule has 190 valence electrons. The minimum absolute atomic E-state index is 0. The van der Waals surface area contributed by atoms with Gasteiger partial charge in [-0.15, -0.1) is 0 Å². The van der Waals surface area contributed by atoms with Gasteiger partial charge in [0.25, 0.3) is 0 Å². The van der Waals surface area contributed by atoms with E-state index in [4.69, 9.17) is 5.41 Å². The van der Waals surface area contributed by atoms with E-state index >= 15 is 0 Å². The minimum atomic E-state index is -0.610. The number of hydrogen-bond donors (Lipinski definition) is 3. The Bertz CT molecular complexity index is 1360. The molecule has 2 amide bonds. The number of nitrogens with zero attached hydrogens (tertiary/aromatic N) is 1. The van der Waals surface area contributed by atoms with Gasteiger partial charge in [0.1, 0.15) is 5.82 Å². The number of halogens is 1. The molecular formula is C30H31FN4O2. The van der Waals surface area contributed by atoms with E-state index in [1.807, 2.05) is 53.4 Å². The number of benzene rings is 3. The fraction of sp³-hybridized carbons (Fsp3) is 0.300. The molecule has 3 N–H and O–H groups in total. The topological polar surface area (TPSA) is 85.3 Å². The van der Waals surface area contributed by atoms with Crippen LogP contribution in [0.1, 0.15) is 50.7 Å². The van der Waals surface area contributed by atoms with Gasteiger partial charge in [0.05, 0.1) is 17.5 Å². The van der Waals surface area contributed by atoms with Crippen molar-refractivity contribution in [1.82, 2.24) is 5.32 Å². The van der Waals surface area contributed by atoms with Gasteiger partial charge >= 0.3 is 0 Å². The number of carbonyl (C=O) groups excluding carboxylic acids is 2. The molecule has 3 aromatic rings. The van der Waals surface area contributed by atoms with Gasteiger partial charge in [-0.3, -0.25) is 9.59 Å². The minimum Gasteiger partial charge on any atom is -0.355 e. The Kier molecular flexibility index (Phi) is 5.78. The van der Waals surface area contributed by atoms with Crippen LogP contribution in [0.4, 0.5) is 21.5 Å². The molecule has 1 heterocycles. The third-order valence-electron chi connectivity index (χ3n) is 8.06. The molecule has 7 heteroatoms. The molecule has 0 radical (unpaired) electrons. The van der Waals surface area contributed by atoms with Crippen LogP contribution in [0.3, 0.4) is 0 Å². The first-order valence-electron chi connectivity index (χ1n) is 12.9. The van der Waals surface area contributed by atoms with Gasteiger partial charge in [-0.2, -0.15) is 0 Å². The molecule has 6 nitrogen and oxygen atoms in total. The van der Waals surface area contributed by atoms with Gasteiger partial charge in [0.15, 0.2) is 0 Å². The summed E-state index contributed by atoms with van der Waals surface area (Å²) in [6, 6.07) is 20.8. The maximum atomic E-state index is 14.1. The summed E-state index contributed by atoms with van der Waals surface area (Å²) in [4.78, 5) is 28.9. The zero-order chi connectivity index (χ0) is 25.6. The summed E-state index contributed by atoms with van der Waals surface area (Å²) in [6.07, 6.45) is 5.53. The van der Waals surface area contributed by atoms with E-state index in [1.54, 1.807) is 12.1 Å². The third kappa shape index (κ3) is 4.08. The van der Waals surface area contributed by atoms with Crippen molar-refractivity contribution in [3.05, 3.63) is 89.7 Å². The van der Waals surface area contributed by atoms with Crippen molar-refractivity contribution < 1.29 is 15.4 Å². The summed E-state index contributed by atoms with van der Waals surface area (Å²) in [5.41, 5.74) is 3.05. The molecule has 1 aliphatic heterocycles. The van der Waals surface area contributed by atoms with Crippen LogP contribution in [0.15, 0.2) is 72.8 Å². The zero-order valence-electron chi connectivity index (χ0n) is 20.4. The van der Waals surface area contributed by atoms with Crippen LogP contribution < -0.4 is 15.5 Å². The normalized spacial score (nSPS) is 22.0. The van der Waals surface area contributed by atoms with Gasteiger partial charge < -0.3 is 20.9 Å². The smallest absolute Gasteiger partial charge is 0.236 e. The van der Waals surface area contributed by atoms with Crippen molar-refractivity contribution >= 4 is 35.1 Å². The van der Waals surface area contributed by atoms with Crippen LogP contribution in [-0.4, -0.2) is 24.1 Å². The van der Waals surface area contributed by atoms with Crippen LogP contribution in [0.25, 0.3) is 0 Å². The lowest BCUT2D eigenvalue weighted by Gasteiger charge is -2.41. The van der Waals surface area contributed by atoms with Crippen molar-refractivity contribution in [3.63, 3.8) is 0 Å². The third-order valence-corrected chi connectivity index (χ3v) is 8.06.